The van der Waals surface area contributed by atoms with E-state index in [9.17, 15) is 4.79 Å². The van der Waals surface area contributed by atoms with E-state index in [1.165, 1.54) is 11.8 Å². The summed E-state index contributed by atoms with van der Waals surface area (Å²) in [7, 11) is 1.64. The van der Waals surface area contributed by atoms with Crippen LogP contribution in [0, 0.1) is 0 Å². The SMILES string of the molecule is COc1ccc(-c2nnc(S[C@H]3CCCCC3=O)n2-c2ccc(Cl)cc2)cc1. The van der Waals surface area contributed by atoms with Crippen LogP contribution >= 0.6 is 23.4 Å². The Morgan fingerprint density at radius 2 is 1.82 bits per heavy atom. The molecule has 2 aromatic carbocycles. The monoisotopic (exact) mass is 413 g/mol. The van der Waals surface area contributed by atoms with E-state index in [0.717, 1.165) is 42.1 Å². The zero-order valence-electron chi connectivity index (χ0n) is 15.5. The summed E-state index contributed by atoms with van der Waals surface area (Å²) in [6.45, 7) is 0. The molecule has 1 saturated carbocycles. The highest BCUT2D eigenvalue weighted by Gasteiger charge is 2.27. The zero-order chi connectivity index (χ0) is 19.5. The van der Waals surface area contributed by atoms with Gasteiger partial charge in [-0.1, -0.05) is 29.8 Å². The van der Waals surface area contributed by atoms with Crippen LogP contribution < -0.4 is 4.74 Å². The second kappa shape index (κ2) is 8.37. The van der Waals surface area contributed by atoms with Gasteiger partial charge in [0.15, 0.2) is 11.0 Å². The van der Waals surface area contributed by atoms with Gasteiger partial charge in [0.2, 0.25) is 0 Å². The molecule has 0 amide bonds. The van der Waals surface area contributed by atoms with Gasteiger partial charge in [-0.05, 0) is 61.4 Å². The molecule has 3 aromatic rings. The molecule has 7 heteroatoms. The molecule has 1 aromatic heterocycles. The van der Waals surface area contributed by atoms with E-state index in [1.54, 1.807) is 7.11 Å². The highest BCUT2D eigenvalue weighted by atomic mass is 35.5. The normalized spacial score (nSPS) is 16.9. The number of thioether (sulfide) groups is 1. The maximum atomic E-state index is 12.3. The lowest BCUT2D eigenvalue weighted by Gasteiger charge is -2.20. The number of nitrogens with zero attached hydrogens (tertiary/aromatic N) is 3. The number of hydrogen-bond donors (Lipinski definition) is 0. The number of carbonyl (C=O) groups is 1. The summed E-state index contributed by atoms with van der Waals surface area (Å²) < 4.78 is 7.24. The number of halogens is 1. The van der Waals surface area contributed by atoms with Gasteiger partial charge in [0.05, 0.1) is 12.4 Å². The molecule has 0 N–H and O–H groups in total. The molecule has 1 aliphatic carbocycles. The Balaban J connectivity index is 1.76. The third-order valence-corrected chi connectivity index (χ3v) is 6.32. The van der Waals surface area contributed by atoms with Crippen molar-refractivity contribution in [3.05, 3.63) is 53.6 Å². The molecule has 1 atom stereocenters. The van der Waals surface area contributed by atoms with Crippen LogP contribution in [-0.2, 0) is 4.79 Å². The molecule has 0 unspecified atom stereocenters. The van der Waals surface area contributed by atoms with E-state index in [0.29, 0.717) is 22.4 Å². The lowest BCUT2D eigenvalue weighted by molar-refractivity contribution is -0.119. The average Bonchev–Trinajstić information content (AvgIpc) is 3.14. The Kier molecular flexibility index (Phi) is 5.69. The van der Waals surface area contributed by atoms with Crippen molar-refractivity contribution >= 4 is 29.1 Å². The molecule has 1 aliphatic rings. The Bertz CT molecular complexity index is 970. The molecular formula is C21H20ClN3O2S. The van der Waals surface area contributed by atoms with Gasteiger partial charge >= 0.3 is 0 Å². The third-order valence-electron chi connectivity index (χ3n) is 4.81. The molecule has 1 heterocycles. The molecule has 0 radical (unpaired) electrons. The van der Waals surface area contributed by atoms with Gasteiger partial charge < -0.3 is 4.74 Å². The number of aromatic nitrogens is 3. The van der Waals surface area contributed by atoms with Crippen LogP contribution in [0.2, 0.25) is 5.02 Å². The van der Waals surface area contributed by atoms with Gasteiger partial charge in [-0.2, -0.15) is 0 Å². The maximum Gasteiger partial charge on any atom is 0.196 e. The molecule has 1 fully saturated rings. The average molecular weight is 414 g/mol. The molecule has 0 aliphatic heterocycles. The molecule has 28 heavy (non-hydrogen) atoms. The Morgan fingerprint density at radius 1 is 1.07 bits per heavy atom. The predicted octanol–water partition coefficient (Wildman–Crippen LogP) is 5.20. The highest BCUT2D eigenvalue weighted by molar-refractivity contribution is 8.00. The molecule has 0 saturated heterocycles. The van der Waals surface area contributed by atoms with Crippen molar-refractivity contribution in [2.24, 2.45) is 0 Å². The summed E-state index contributed by atoms with van der Waals surface area (Å²) in [4.78, 5) is 12.3. The van der Waals surface area contributed by atoms with Crippen molar-refractivity contribution in [1.82, 2.24) is 14.8 Å². The van der Waals surface area contributed by atoms with Crippen LogP contribution in [0.5, 0.6) is 5.75 Å². The first kappa shape index (κ1) is 19.0. The van der Waals surface area contributed by atoms with Crippen LogP contribution in [0.25, 0.3) is 17.1 Å². The number of benzene rings is 2. The van der Waals surface area contributed by atoms with Crippen molar-refractivity contribution in [2.75, 3.05) is 7.11 Å². The lowest BCUT2D eigenvalue weighted by Crippen LogP contribution is -2.21. The Labute approximate surface area is 173 Å². The molecule has 4 rings (SSSR count). The minimum atomic E-state index is -0.0623. The van der Waals surface area contributed by atoms with Crippen molar-refractivity contribution < 1.29 is 9.53 Å². The largest absolute Gasteiger partial charge is 0.497 e. The van der Waals surface area contributed by atoms with E-state index >= 15 is 0 Å². The number of ether oxygens (including phenoxy) is 1. The van der Waals surface area contributed by atoms with Crippen LogP contribution in [0.3, 0.4) is 0 Å². The number of carbonyl (C=O) groups excluding carboxylic acids is 1. The van der Waals surface area contributed by atoms with E-state index in [2.05, 4.69) is 10.2 Å². The van der Waals surface area contributed by atoms with Crippen molar-refractivity contribution in [2.45, 2.75) is 36.1 Å². The highest BCUT2D eigenvalue weighted by Crippen LogP contribution is 2.35. The second-order valence-electron chi connectivity index (χ2n) is 6.67. The summed E-state index contributed by atoms with van der Waals surface area (Å²) >= 11 is 7.58. The molecule has 0 bridgehead atoms. The first-order chi connectivity index (χ1) is 13.7. The minimum absolute atomic E-state index is 0.0623. The predicted molar refractivity (Wildman–Crippen MR) is 111 cm³/mol. The fraction of sp³-hybridized carbons (Fsp3) is 0.286. The topological polar surface area (TPSA) is 57.0 Å². The van der Waals surface area contributed by atoms with Gasteiger partial charge in [-0.15, -0.1) is 10.2 Å². The van der Waals surface area contributed by atoms with E-state index in [4.69, 9.17) is 16.3 Å². The van der Waals surface area contributed by atoms with Crippen molar-refractivity contribution in [1.29, 1.82) is 0 Å². The smallest absolute Gasteiger partial charge is 0.196 e. The summed E-state index contributed by atoms with van der Waals surface area (Å²) in [5, 5.41) is 10.2. The summed E-state index contributed by atoms with van der Waals surface area (Å²) in [6.07, 6.45) is 3.59. The van der Waals surface area contributed by atoms with Gasteiger partial charge in [-0.25, -0.2) is 0 Å². The summed E-state index contributed by atoms with van der Waals surface area (Å²) in [5.41, 5.74) is 1.83. The number of ketones is 1. The molecule has 0 spiro atoms. The first-order valence-corrected chi connectivity index (χ1v) is 10.5. The first-order valence-electron chi connectivity index (χ1n) is 9.21. The summed E-state index contributed by atoms with van der Waals surface area (Å²) in [5.74, 6) is 1.80. The Hall–Kier alpha value is -2.31. The van der Waals surface area contributed by atoms with Gasteiger partial charge in [0.1, 0.15) is 11.5 Å². The molecule has 144 valence electrons. The number of rotatable bonds is 5. The van der Waals surface area contributed by atoms with Crippen molar-refractivity contribution in [3.63, 3.8) is 0 Å². The fourth-order valence-corrected chi connectivity index (χ4v) is 4.60. The van der Waals surface area contributed by atoms with Gasteiger partial charge in [0, 0.05) is 22.7 Å². The fourth-order valence-electron chi connectivity index (χ4n) is 3.30. The van der Waals surface area contributed by atoms with Gasteiger partial charge in [-0.3, -0.25) is 9.36 Å². The van der Waals surface area contributed by atoms with Crippen LogP contribution in [0.1, 0.15) is 25.7 Å². The Morgan fingerprint density at radius 3 is 2.50 bits per heavy atom. The quantitative estimate of drug-likeness (QED) is 0.575. The molecular weight excluding hydrogens is 394 g/mol. The zero-order valence-corrected chi connectivity index (χ0v) is 17.0. The maximum absolute atomic E-state index is 12.3. The van der Waals surface area contributed by atoms with Crippen molar-refractivity contribution in [3.8, 4) is 22.8 Å². The number of methoxy groups -OCH3 is 1. The standard InChI is InChI=1S/C21H20ClN3O2S/c1-27-17-12-6-14(7-13-17)20-23-24-21(28-19-5-3-2-4-18(19)26)25(20)16-10-8-15(22)9-11-16/h6-13,19H,2-5H2,1H3/t19-/m0/s1. The third kappa shape index (κ3) is 3.93. The second-order valence-corrected chi connectivity index (χ2v) is 8.27. The van der Waals surface area contributed by atoms with Gasteiger partial charge in [0.25, 0.3) is 0 Å². The minimum Gasteiger partial charge on any atom is -0.497 e. The van der Waals surface area contributed by atoms with Crippen LogP contribution in [0.15, 0.2) is 53.7 Å². The van der Waals surface area contributed by atoms with E-state index in [-0.39, 0.29) is 5.25 Å². The molecule has 5 nitrogen and oxygen atoms in total. The van der Waals surface area contributed by atoms with E-state index in [1.807, 2.05) is 53.1 Å². The van der Waals surface area contributed by atoms with Crippen LogP contribution in [0.4, 0.5) is 0 Å². The lowest BCUT2D eigenvalue weighted by atomic mass is 9.99. The number of Topliss-reactive ketones (excluding diaryl/α,β-unsaturated/α-hetero) is 1. The van der Waals surface area contributed by atoms with Crippen LogP contribution in [-0.4, -0.2) is 32.9 Å². The number of hydrogen-bond acceptors (Lipinski definition) is 5. The summed E-state index contributed by atoms with van der Waals surface area (Å²) in [6, 6.07) is 15.3. The van der Waals surface area contributed by atoms with E-state index < -0.39 is 0 Å².